The van der Waals surface area contributed by atoms with Crippen molar-refractivity contribution in [1.82, 2.24) is 0 Å². The van der Waals surface area contributed by atoms with Crippen molar-refractivity contribution in [3.8, 4) is 0 Å². The van der Waals surface area contributed by atoms with Crippen LogP contribution in [0, 0.1) is 10.1 Å². The van der Waals surface area contributed by atoms with E-state index >= 15 is 0 Å². The van der Waals surface area contributed by atoms with Crippen LogP contribution in [0.4, 0.5) is 0 Å². The molecule has 64 heavy (non-hydrogen) atoms. The average Bonchev–Trinajstić information content (AvgIpc) is 3.29. The van der Waals surface area contributed by atoms with E-state index in [1.54, 1.807) is 0 Å². The number of rotatable bonds is 23. The molecule has 0 spiro atoms. The molecule has 0 aliphatic carbocycles. The number of ether oxygens (including phenoxy) is 7. The van der Waals surface area contributed by atoms with Gasteiger partial charge in [0.15, 0.2) is 18.7 Å². The maximum absolute atomic E-state index is 13.0. The quantitative estimate of drug-likeness (QED) is 0.0175. The molecule has 0 N–H and O–H groups in total. The van der Waals surface area contributed by atoms with Crippen LogP contribution in [-0.4, -0.2) is 75.4 Å². The van der Waals surface area contributed by atoms with Crippen LogP contribution in [0.3, 0.4) is 0 Å². The summed E-state index contributed by atoms with van der Waals surface area (Å²) in [6.45, 7) is 13.9. The summed E-state index contributed by atoms with van der Waals surface area (Å²) in [5.74, 6) is 0. The highest BCUT2D eigenvalue weighted by Crippen LogP contribution is 2.43. The van der Waals surface area contributed by atoms with Gasteiger partial charge in [-0.25, -0.2) is 0 Å². The van der Waals surface area contributed by atoms with Crippen molar-refractivity contribution in [2.75, 3.05) is 13.2 Å². The lowest BCUT2D eigenvalue weighted by Gasteiger charge is -2.46. The fourth-order valence-electron chi connectivity index (χ4n) is 9.04. The summed E-state index contributed by atoms with van der Waals surface area (Å²) < 4.78 is 53.1. The Kier molecular flexibility index (Phi) is 18.1. The van der Waals surface area contributed by atoms with E-state index in [-0.39, 0.29) is 56.3 Å². The third kappa shape index (κ3) is 12.4. The van der Waals surface area contributed by atoms with Gasteiger partial charge in [0.05, 0.1) is 44.6 Å². The van der Waals surface area contributed by atoms with Crippen molar-refractivity contribution >= 4 is 8.32 Å². The lowest BCUT2D eigenvalue weighted by atomic mass is 9.96. The molecule has 342 valence electrons. The largest absolute Gasteiger partial charge is 0.486 e. The molecule has 6 rings (SSSR count). The van der Waals surface area contributed by atoms with Gasteiger partial charge in [-0.2, -0.15) is 0 Å². The van der Waals surface area contributed by atoms with Crippen LogP contribution in [0.15, 0.2) is 138 Å². The second kappa shape index (κ2) is 23.8. The third-order valence-corrected chi connectivity index (χ3v) is 18.1. The Morgan fingerprint density at radius 1 is 0.656 bits per heavy atom. The Balaban J connectivity index is 1.38. The van der Waals surface area contributed by atoms with Gasteiger partial charge < -0.3 is 37.6 Å². The Morgan fingerprint density at radius 2 is 1.11 bits per heavy atom. The molecule has 1 saturated heterocycles. The summed E-state index contributed by atoms with van der Waals surface area (Å²) in [5, 5.41) is 17.2. The summed E-state index contributed by atoms with van der Waals surface area (Å²) in [4.78, 5) is 15.7. The number of benzene rings is 4. The molecule has 0 bridgehead atoms. The van der Waals surface area contributed by atoms with E-state index < -0.39 is 67.9 Å². The second-order valence-corrected chi connectivity index (χ2v) is 22.6. The monoisotopic (exact) mass is 894 g/mol. The molecule has 4 aromatic carbocycles. The standard InChI is InChI=1S/C49H62N4O10Si/c1-34(2)64(35(3)4,36(5)6)61-33-42-46(58-28-38-21-13-8-14-22-38)45(41(31-57-42)53(54)55)63-49-44(51-52-50)48(60-30-40-25-17-10-18-26-40)47(59-29-39-23-15-9-16-24-39)43(62-49)32-56-27-37-19-11-7-12-20-37/h7-26,31,34-36,42-49H,27-30,32-33H2,1-6H3/t42-,43-,44-,45-,46+,47-,48-,49+/m1/s1. The SMILES string of the molecule is CC(C)[Si](OC[C@H]1OC=C([N+](=O)[O-])[C@@H](O[C@@H]2O[C@H](COCc3ccccc3)[C@@H](OCc3ccccc3)[C@H](OCc3ccccc3)[C@H]2N=[N+]=[N-])[C@H]1OCc1ccccc1)(C(C)C)C(C)C. The van der Waals surface area contributed by atoms with Crippen LogP contribution in [0.1, 0.15) is 63.8 Å². The zero-order chi connectivity index (χ0) is 45.5. The van der Waals surface area contributed by atoms with Crippen LogP contribution in [0.5, 0.6) is 0 Å². The molecule has 2 aliphatic heterocycles. The number of nitro groups is 1. The molecule has 2 aliphatic rings. The van der Waals surface area contributed by atoms with Crippen molar-refractivity contribution in [3.05, 3.63) is 176 Å². The summed E-state index contributed by atoms with van der Waals surface area (Å²) in [6, 6.07) is 37.3. The first-order valence-electron chi connectivity index (χ1n) is 22.1. The zero-order valence-corrected chi connectivity index (χ0v) is 38.6. The van der Waals surface area contributed by atoms with Gasteiger partial charge in [0.2, 0.25) is 8.32 Å². The number of hydrogen-bond donors (Lipinski definition) is 0. The first kappa shape index (κ1) is 48.5. The van der Waals surface area contributed by atoms with Crippen LogP contribution in [0.2, 0.25) is 16.6 Å². The zero-order valence-electron chi connectivity index (χ0n) is 37.6. The number of azide groups is 1. The summed E-state index contributed by atoms with van der Waals surface area (Å²) in [7, 11) is -2.44. The Hall–Kier alpha value is -4.93. The molecule has 8 atom stereocenters. The smallest absolute Gasteiger partial charge is 0.311 e. The Morgan fingerprint density at radius 3 is 1.56 bits per heavy atom. The van der Waals surface area contributed by atoms with E-state index in [4.69, 9.17) is 37.6 Å². The Labute approximate surface area is 377 Å². The van der Waals surface area contributed by atoms with Gasteiger partial charge in [0.25, 0.3) is 0 Å². The minimum atomic E-state index is -2.44. The molecule has 0 amide bonds. The second-order valence-electron chi connectivity index (χ2n) is 17.2. The predicted octanol–water partition coefficient (Wildman–Crippen LogP) is 10.5. The van der Waals surface area contributed by atoms with Crippen molar-refractivity contribution in [3.63, 3.8) is 0 Å². The number of nitrogens with zero attached hydrogens (tertiary/aromatic N) is 4. The van der Waals surface area contributed by atoms with Gasteiger partial charge in [-0.15, -0.1) is 0 Å². The summed E-state index contributed by atoms with van der Waals surface area (Å²) in [6.07, 6.45) is -6.22. The summed E-state index contributed by atoms with van der Waals surface area (Å²) >= 11 is 0. The Bertz CT molecular complexity index is 2070. The lowest BCUT2D eigenvalue weighted by Crippen LogP contribution is -2.62. The molecule has 15 heteroatoms. The van der Waals surface area contributed by atoms with Gasteiger partial charge in [-0.1, -0.05) is 168 Å². The molecule has 14 nitrogen and oxygen atoms in total. The highest BCUT2D eigenvalue weighted by atomic mass is 28.4. The predicted molar refractivity (Wildman–Crippen MR) is 245 cm³/mol. The molecule has 1 fully saturated rings. The highest BCUT2D eigenvalue weighted by Gasteiger charge is 2.54. The van der Waals surface area contributed by atoms with Gasteiger partial charge in [0.1, 0.15) is 36.6 Å². The van der Waals surface area contributed by atoms with Crippen molar-refractivity contribution < 1.29 is 42.5 Å². The molecule has 0 saturated carbocycles. The normalized spacial score (nSPS) is 23.7. The molecule has 4 aromatic rings. The molecule has 2 heterocycles. The molecule has 0 radical (unpaired) electrons. The number of hydrogen-bond acceptors (Lipinski definition) is 11. The minimum Gasteiger partial charge on any atom is -0.486 e. The van der Waals surface area contributed by atoms with E-state index in [9.17, 15) is 15.6 Å². The van der Waals surface area contributed by atoms with Crippen molar-refractivity contribution in [1.29, 1.82) is 0 Å². The van der Waals surface area contributed by atoms with Crippen molar-refractivity contribution in [2.24, 2.45) is 5.11 Å². The minimum absolute atomic E-state index is 0.0187. The lowest BCUT2D eigenvalue weighted by molar-refractivity contribution is -0.452. The fraction of sp³-hybridized carbons (Fsp3) is 0.469. The van der Waals surface area contributed by atoms with Crippen molar-refractivity contribution in [2.45, 2.75) is 134 Å². The topological polar surface area (TPSA) is 166 Å². The molecular formula is C49H62N4O10Si. The average molecular weight is 895 g/mol. The van der Waals surface area contributed by atoms with Gasteiger partial charge >= 0.3 is 5.70 Å². The molecule has 0 unspecified atom stereocenters. The van der Waals surface area contributed by atoms with Gasteiger partial charge in [-0.05, 0) is 44.4 Å². The first-order chi connectivity index (χ1) is 31.0. The van der Waals surface area contributed by atoms with E-state index in [1.807, 2.05) is 121 Å². The third-order valence-electron chi connectivity index (χ3n) is 12.1. The fourth-order valence-corrected chi connectivity index (χ4v) is 14.5. The molecule has 0 aromatic heterocycles. The van der Waals surface area contributed by atoms with E-state index in [2.05, 4.69) is 51.6 Å². The van der Waals surface area contributed by atoms with Crippen LogP contribution < -0.4 is 0 Å². The van der Waals surface area contributed by atoms with Crippen LogP contribution in [-0.2, 0) is 64.0 Å². The van der Waals surface area contributed by atoms with Gasteiger partial charge in [0, 0.05) is 4.91 Å². The highest BCUT2D eigenvalue weighted by molar-refractivity contribution is 6.77. The summed E-state index contributed by atoms with van der Waals surface area (Å²) in [5.41, 5.74) is 14.1. The maximum atomic E-state index is 13.0. The first-order valence-corrected chi connectivity index (χ1v) is 24.2. The van der Waals surface area contributed by atoms with Crippen LogP contribution in [0.25, 0.3) is 10.4 Å². The molecular weight excluding hydrogens is 833 g/mol. The van der Waals surface area contributed by atoms with Gasteiger partial charge in [-0.3, -0.25) is 10.1 Å². The van der Waals surface area contributed by atoms with E-state index in [1.165, 1.54) is 0 Å². The van der Waals surface area contributed by atoms with Crippen LogP contribution >= 0.6 is 0 Å². The maximum Gasteiger partial charge on any atom is 0.311 e. The van der Waals surface area contributed by atoms with E-state index in [0.717, 1.165) is 28.5 Å². The van der Waals surface area contributed by atoms with E-state index in [0.29, 0.717) is 0 Å².